The highest BCUT2D eigenvalue weighted by Gasteiger charge is 2.15. The second-order valence-electron chi connectivity index (χ2n) is 5.02. The summed E-state index contributed by atoms with van der Waals surface area (Å²) >= 11 is 0. The number of hydrogen-bond acceptors (Lipinski definition) is 3. The van der Waals surface area contributed by atoms with Gasteiger partial charge < -0.3 is 5.11 Å². The fourth-order valence-corrected chi connectivity index (χ4v) is 3.19. The molecule has 0 aliphatic carbocycles. The van der Waals surface area contributed by atoms with Crippen LogP contribution in [0, 0.1) is 6.92 Å². The van der Waals surface area contributed by atoms with Gasteiger partial charge in [0.25, 0.3) is 0 Å². The number of rotatable bonds is 6. The Balaban J connectivity index is 1.95. The van der Waals surface area contributed by atoms with E-state index in [4.69, 9.17) is 0 Å². The van der Waals surface area contributed by atoms with Gasteiger partial charge in [-0.3, -0.25) is 0 Å². The molecule has 21 heavy (non-hydrogen) atoms. The summed E-state index contributed by atoms with van der Waals surface area (Å²) in [5.41, 5.74) is 2.45. The van der Waals surface area contributed by atoms with Crippen molar-refractivity contribution in [3.8, 4) is 0 Å². The van der Waals surface area contributed by atoms with E-state index in [1.807, 2.05) is 31.2 Å². The number of sulfonamides is 1. The number of benzene rings is 2. The molecule has 2 aromatic carbocycles. The standard InChI is InChI=1S/C16H19NO3S/c1-13-6-5-9-15(10-13)16(18)11-17-21(19,20)12-14-7-3-2-4-8-14/h2-10,16-18H,11-12H2,1H3. The Kier molecular flexibility index (Phi) is 5.12. The lowest BCUT2D eigenvalue weighted by Gasteiger charge is -2.13. The molecule has 4 nitrogen and oxygen atoms in total. The maximum atomic E-state index is 12.0. The third kappa shape index (κ3) is 4.97. The highest BCUT2D eigenvalue weighted by Crippen LogP contribution is 2.14. The minimum absolute atomic E-state index is 0.0291. The Labute approximate surface area is 125 Å². The van der Waals surface area contributed by atoms with Crippen LogP contribution in [0.15, 0.2) is 54.6 Å². The van der Waals surface area contributed by atoms with E-state index in [9.17, 15) is 13.5 Å². The fourth-order valence-electron chi connectivity index (χ4n) is 2.05. The fraction of sp³-hybridized carbons (Fsp3) is 0.250. The van der Waals surface area contributed by atoms with Gasteiger partial charge in [-0.15, -0.1) is 0 Å². The molecule has 0 spiro atoms. The predicted octanol–water partition coefficient (Wildman–Crippen LogP) is 2.15. The monoisotopic (exact) mass is 305 g/mol. The number of hydrogen-bond donors (Lipinski definition) is 2. The van der Waals surface area contributed by atoms with Crippen LogP contribution in [0.4, 0.5) is 0 Å². The summed E-state index contributed by atoms with van der Waals surface area (Å²) in [5.74, 6) is -0.0889. The van der Waals surface area contributed by atoms with Gasteiger partial charge in [0.15, 0.2) is 0 Å². The van der Waals surface area contributed by atoms with Gasteiger partial charge in [-0.1, -0.05) is 60.2 Å². The molecule has 0 saturated heterocycles. The molecule has 0 aliphatic heterocycles. The van der Waals surface area contributed by atoms with Crippen molar-refractivity contribution in [2.45, 2.75) is 18.8 Å². The molecule has 112 valence electrons. The summed E-state index contributed by atoms with van der Waals surface area (Å²) in [7, 11) is -3.46. The molecule has 2 rings (SSSR count). The highest BCUT2D eigenvalue weighted by molar-refractivity contribution is 7.88. The lowest BCUT2D eigenvalue weighted by atomic mass is 10.1. The maximum Gasteiger partial charge on any atom is 0.215 e. The first-order valence-corrected chi connectivity index (χ1v) is 8.37. The van der Waals surface area contributed by atoms with Gasteiger partial charge in [0, 0.05) is 6.54 Å². The summed E-state index contributed by atoms with van der Waals surface area (Å²) < 4.78 is 26.4. The van der Waals surface area contributed by atoms with Crippen LogP contribution in [0.2, 0.25) is 0 Å². The normalized spacial score (nSPS) is 13.0. The Morgan fingerprint density at radius 2 is 1.81 bits per heavy atom. The van der Waals surface area contributed by atoms with Crippen LogP contribution in [0.3, 0.4) is 0 Å². The van der Waals surface area contributed by atoms with E-state index in [1.54, 1.807) is 30.3 Å². The van der Waals surface area contributed by atoms with Crippen molar-refractivity contribution in [1.29, 1.82) is 0 Å². The van der Waals surface area contributed by atoms with Gasteiger partial charge in [-0.25, -0.2) is 13.1 Å². The van der Waals surface area contributed by atoms with E-state index in [1.165, 1.54) is 0 Å². The number of nitrogens with one attached hydrogen (secondary N) is 1. The van der Waals surface area contributed by atoms with Crippen molar-refractivity contribution in [3.05, 3.63) is 71.3 Å². The SMILES string of the molecule is Cc1cccc(C(O)CNS(=O)(=O)Cc2ccccc2)c1. The van der Waals surface area contributed by atoms with Gasteiger partial charge in [-0.2, -0.15) is 0 Å². The summed E-state index contributed by atoms with van der Waals surface area (Å²) in [6, 6.07) is 16.3. The van der Waals surface area contributed by atoms with Gasteiger partial charge in [0.2, 0.25) is 10.0 Å². The molecule has 0 bridgehead atoms. The minimum atomic E-state index is -3.46. The first-order chi connectivity index (χ1) is 9.96. The number of aryl methyl sites for hydroxylation is 1. The lowest BCUT2D eigenvalue weighted by molar-refractivity contribution is 0.182. The maximum absolute atomic E-state index is 12.0. The highest BCUT2D eigenvalue weighted by atomic mass is 32.2. The first kappa shape index (κ1) is 15.7. The van der Waals surface area contributed by atoms with Crippen LogP contribution in [-0.4, -0.2) is 20.1 Å². The van der Waals surface area contributed by atoms with E-state index in [-0.39, 0.29) is 12.3 Å². The van der Waals surface area contributed by atoms with Crippen molar-refractivity contribution in [2.24, 2.45) is 0 Å². The average molecular weight is 305 g/mol. The summed E-state index contributed by atoms with van der Waals surface area (Å²) in [5, 5.41) is 10.0. The average Bonchev–Trinajstić information content (AvgIpc) is 2.45. The van der Waals surface area contributed by atoms with Crippen LogP contribution < -0.4 is 4.72 Å². The van der Waals surface area contributed by atoms with Crippen LogP contribution in [-0.2, 0) is 15.8 Å². The third-order valence-corrected chi connectivity index (χ3v) is 4.44. The second-order valence-corrected chi connectivity index (χ2v) is 6.83. The molecule has 2 N–H and O–H groups in total. The Hall–Kier alpha value is -1.69. The molecule has 0 radical (unpaired) electrons. The third-order valence-electron chi connectivity index (χ3n) is 3.12. The zero-order valence-corrected chi connectivity index (χ0v) is 12.7. The van der Waals surface area contributed by atoms with E-state index in [2.05, 4.69) is 4.72 Å². The van der Waals surface area contributed by atoms with Crippen molar-refractivity contribution in [1.82, 2.24) is 4.72 Å². The van der Waals surface area contributed by atoms with E-state index in [0.717, 1.165) is 11.1 Å². The smallest absolute Gasteiger partial charge is 0.215 e. The molecule has 0 aromatic heterocycles. The first-order valence-electron chi connectivity index (χ1n) is 6.72. The van der Waals surface area contributed by atoms with E-state index < -0.39 is 16.1 Å². The molecule has 1 atom stereocenters. The summed E-state index contributed by atoms with van der Waals surface area (Å²) in [4.78, 5) is 0. The van der Waals surface area contributed by atoms with Crippen LogP contribution in [0.1, 0.15) is 22.8 Å². The van der Waals surface area contributed by atoms with Crippen molar-refractivity contribution >= 4 is 10.0 Å². The molecule has 1 unspecified atom stereocenters. The number of aliphatic hydroxyl groups excluding tert-OH is 1. The molecular weight excluding hydrogens is 286 g/mol. The quantitative estimate of drug-likeness (QED) is 0.859. The molecule has 0 aliphatic rings. The van der Waals surface area contributed by atoms with E-state index in [0.29, 0.717) is 5.56 Å². The predicted molar refractivity (Wildman–Crippen MR) is 83.2 cm³/mol. The van der Waals surface area contributed by atoms with Gasteiger partial charge in [0.05, 0.1) is 11.9 Å². The zero-order chi connectivity index (χ0) is 15.3. The zero-order valence-electron chi connectivity index (χ0n) is 11.9. The molecule has 0 fully saturated rings. The van der Waals surface area contributed by atoms with Crippen LogP contribution >= 0.6 is 0 Å². The number of aliphatic hydroxyl groups is 1. The summed E-state index contributed by atoms with van der Waals surface area (Å²) in [6.07, 6.45) is -0.851. The second kappa shape index (κ2) is 6.85. The van der Waals surface area contributed by atoms with Gasteiger partial charge in [-0.05, 0) is 18.1 Å². The van der Waals surface area contributed by atoms with Crippen LogP contribution in [0.5, 0.6) is 0 Å². The van der Waals surface area contributed by atoms with Crippen molar-refractivity contribution < 1.29 is 13.5 Å². The lowest BCUT2D eigenvalue weighted by Crippen LogP contribution is -2.29. The molecule has 5 heteroatoms. The summed E-state index contributed by atoms with van der Waals surface area (Å²) in [6.45, 7) is 1.90. The largest absolute Gasteiger partial charge is 0.387 e. The Bertz CT molecular complexity index is 684. The molecule has 0 saturated carbocycles. The van der Waals surface area contributed by atoms with Crippen molar-refractivity contribution in [2.75, 3.05) is 6.54 Å². The Morgan fingerprint density at radius 1 is 1.10 bits per heavy atom. The van der Waals surface area contributed by atoms with Gasteiger partial charge >= 0.3 is 0 Å². The van der Waals surface area contributed by atoms with E-state index >= 15 is 0 Å². The van der Waals surface area contributed by atoms with Crippen LogP contribution in [0.25, 0.3) is 0 Å². The molecular formula is C16H19NO3S. The molecule has 2 aromatic rings. The Morgan fingerprint density at radius 3 is 2.48 bits per heavy atom. The molecule has 0 heterocycles. The van der Waals surface area contributed by atoms with Crippen molar-refractivity contribution in [3.63, 3.8) is 0 Å². The molecule has 0 amide bonds. The van der Waals surface area contributed by atoms with Gasteiger partial charge in [0.1, 0.15) is 0 Å². The topological polar surface area (TPSA) is 66.4 Å². The minimum Gasteiger partial charge on any atom is -0.387 e.